The molecule has 0 aliphatic heterocycles. The quantitative estimate of drug-likeness (QED) is 0.128. The van der Waals surface area contributed by atoms with Crippen LogP contribution in [0.3, 0.4) is 0 Å². The minimum atomic E-state index is 0.182. The predicted molar refractivity (Wildman–Crippen MR) is 163 cm³/mol. The lowest BCUT2D eigenvalue weighted by atomic mass is 10.1. The summed E-state index contributed by atoms with van der Waals surface area (Å²) < 4.78 is 5.94. The van der Waals surface area contributed by atoms with E-state index in [9.17, 15) is 9.59 Å². The number of carbonyl (C=O) groups excluding carboxylic acids is 2. The van der Waals surface area contributed by atoms with Gasteiger partial charge < -0.3 is 9.53 Å². The molecule has 1 rings (SSSR count). The number of hydrogen-bond acceptors (Lipinski definition) is 4. The van der Waals surface area contributed by atoms with Gasteiger partial charge in [0.15, 0.2) is 0 Å². The fourth-order valence-electron chi connectivity index (χ4n) is 2.74. The van der Waals surface area contributed by atoms with Gasteiger partial charge in [-0.2, -0.15) is 0 Å². The third-order valence-corrected chi connectivity index (χ3v) is 5.35. The zero-order chi connectivity index (χ0) is 28.2. The Morgan fingerprint density at radius 1 is 0.917 bits per heavy atom. The number of methoxy groups -OCH3 is 1. The maximum absolute atomic E-state index is 11.2. The molecule has 0 spiro atoms. The first kappa shape index (κ1) is 38.5. The Morgan fingerprint density at radius 3 is 1.94 bits per heavy atom. The van der Waals surface area contributed by atoms with Crippen LogP contribution in [-0.4, -0.2) is 24.4 Å². The van der Waals surface area contributed by atoms with Gasteiger partial charge in [0, 0.05) is 35.7 Å². The van der Waals surface area contributed by atoms with Crippen molar-refractivity contribution in [2.75, 3.05) is 7.11 Å². The number of unbranched alkanes of at least 4 members (excludes halogenated alkanes) is 2. The first-order valence-electron chi connectivity index (χ1n) is 13.4. The molecule has 36 heavy (non-hydrogen) atoms. The normalized spacial score (nSPS) is 10.5. The molecule has 0 heterocycles. The van der Waals surface area contributed by atoms with Crippen molar-refractivity contribution in [2.24, 2.45) is 4.99 Å². The van der Waals surface area contributed by atoms with E-state index in [1.54, 1.807) is 26.3 Å². The van der Waals surface area contributed by atoms with Crippen molar-refractivity contribution >= 4 is 33.2 Å². The summed E-state index contributed by atoms with van der Waals surface area (Å²) >= 11 is 3.29. The maximum atomic E-state index is 11.2. The Labute approximate surface area is 230 Å². The number of halogens is 1. The van der Waals surface area contributed by atoms with Gasteiger partial charge >= 0.3 is 0 Å². The summed E-state index contributed by atoms with van der Waals surface area (Å²) in [4.78, 5) is 26.0. The molecule has 0 amide bonds. The van der Waals surface area contributed by atoms with Gasteiger partial charge in [-0.15, -0.1) is 0 Å². The average molecular weight is 567 g/mol. The molecule has 4 nitrogen and oxygen atoms in total. The lowest BCUT2D eigenvalue weighted by Gasteiger charge is -1.99. The van der Waals surface area contributed by atoms with Crippen molar-refractivity contribution in [3.05, 3.63) is 53.2 Å². The largest absolute Gasteiger partial charge is 0.497 e. The highest BCUT2D eigenvalue weighted by atomic mass is 79.9. The second-order valence-electron chi connectivity index (χ2n) is 8.09. The summed E-state index contributed by atoms with van der Waals surface area (Å²) in [5.74, 6) is 1.42. The summed E-state index contributed by atoms with van der Waals surface area (Å²) in [5, 5.41) is 0. The molecular formula is C31H52BrNO3. The van der Waals surface area contributed by atoms with Crippen molar-refractivity contribution in [3.8, 4) is 5.75 Å². The topological polar surface area (TPSA) is 55.7 Å². The van der Waals surface area contributed by atoms with Crippen LogP contribution in [0.25, 0.3) is 0 Å². The van der Waals surface area contributed by atoms with E-state index in [1.165, 1.54) is 5.56 Å². The zero-order valence-electron chi connectivity index (χ0n) is 24.3. The third kappa shape index (κ3) is 28.2. The van der Waals surface area contributed by atoms with Crippen LogP contribution in [0, 0.1) is 0 Å². The number of rotatable bonds is 14. The first-order valence-corrected chi connectivity index (χ1v) is 14.2. The molecule has 206 valence electrons. The fraction of sp³-hybridized carbons (Fsp3) is 0.581. The highest BCUT2D eigenvalue weighted by molar-refractivity contribution is 9.11. The highest BCUT2D eigenvalue weighted by Gasteiger charge is 2.02. The molecular weight excluding hydrogens is 514 g/mol. The van der Waals surface area contributed by atoms with E-state index in [1.807, 2.05) is 32.9 Å². The Hall–Kier alpha value is -2.01. The van der Waals surface area contributed by atoms with Crippen LogP contribution in [-0.2, 0) is 16.0 Å². The van der Waals surface area contributed by atoms with Gasteiger partial charge in [-0.25, -0.2) is 0 Å². The van der Waals surface area contributed by atoms with Gasteiger partial charge in [-0.05, 0) is 73.2 Å². The van der Waals surface area contributed by atoms with E-state index in [-0.39, 0.29) is 5.78 Å². The van der Waals surface area contributed by atoms with Gasteiger partial charge in [0.1, 0.15) is 17.3 Å². The molecule has 0 aliphatic carbocycles. The number of allylic oxidation sites excluding steroid dienone is 2. The lowest BCUT2D eigenvalue weighted by Crippen LogP contribution is -1.99. The summed E-state index contributed by atoms with van der Waals surface area (Å²) in [5.41, 5.74) is 2.51. The predicted octanol–water partition coefficient (Wildman–Crippen LogP) is 9.85. The van der Waals surface area contributed by atoms with Gasteiger partial charge in [0.05, 0.1) is 7.11 Å². The van der Waals surface area contributed by atoms with Crippen LogP contribution < -0.4 is 4.74 Å². The minimum absolute atomic E-state index is 0.182. The van der Waals surface area contributed by atoms with E-state index in [2.05, 4.69) is 60.4 Å². The van der Waals surface area contributed by atoms with Gasteiger partial charge in [0.2, 0.25) is 0 Å². The van der Waals surface area contributed by atoms with E-state index >= 15 is 0 Å². The van der Waals surface area contributed by atoms with Crippen LogP contribution in [0.1, 0.15) is 112 Å². The Morgan fingerprint density at radius 2 is 1.50 bits per heavy atom. The molecule has 0 atom stereocenters. The second-order valence-corrected chi connectivity index (χ2v) is 9.00. The van der Waals surface area contributed by atoms with E-state index in [0.717, 1.165) is 60.9 Å². The number of ketones is 2. The molecule has 0 aromatic heterocycles. The summed E-state index contributed by atoms with van der Waals surface area (Å²) in [6.07, 6.45) is 12.7. The molecule has 0 saturated heterocycles. The SMILES string of the molecule is C=C/C(Br)=C\N=C(C)CCC.CC.CCCCCC(=O)CCCC(C)=O.CCc1ccc(OC)cc1. The van der Waals surface area contributed by atoms with Crippen molar-refractivity contribution in [2.45, 2.75) is 113 Å². The van der Waals surface area contributed by atoms with Crippen molar-refractivity contribution in [3.63, 3.8) is 0 Å². The Kier molecular flexibility index (Phi) is 31.3. The molecule has 0 aliphatic rings. The number of hydrogen-bond donors (Lipinski definition) is 0. The van der Waals surface area contributed by atoms with Gasteiger partial charge in [-0.3, -0.25) is 9.79 Å². The number of aryl methyl sites for hydroxylation is 1. The molecule has 0 radical (unpaired) electrons. The van der Waals surface area contributed by atoms with Crippen molar-refractivity contribution in [1.29, 1.82) is 0 Å². The molecule has 1 aromatic rings. The molecule has 5 heteroatoms. The fourth-order valence-corrected chi connectivity index (χ4v) is 2.85. The monoisotopic (exact) mass is 565 g/mol. The van der Waals surface area contributed by atoms with Crippen LogP contribution >= 0.6 is 15.9 Å². The number of nitrogens with zero attached hydrogens (tertiary/aromatic N) is 1. The standard InChI is InChI=1S/C11H20O2.C9H14BrN.C9H12O.C2H6/c1-3-4-5-8-11(13)9-6-7-10(2)12;1-4-6-8(3)11-7-9(10)5-2;1-3-8-4-6-9(10-2)7-5-8;1-2/h3-9H2,1-2H3;5,7H,2,4,6H2,1,3H3;4-7H,3H2,1-2H3;1-2H3/b;9-7+,11-8?;;. The maximum Gasteiger partial charge on any atom is 0.132 e. The number of carbonyl (C=O) groups is 2. The minimum Gasteiger partial charge on any atom is -0.497 e. The number of aliphatic imine (C=N–C) groups is 1. The number of ether oxygens (including phenoxy) is 1. The van der Waals surface area contributed by atoms with Crippen molar-refractivity contribution < 1.29 is 14.3 Å². The summed E-state index contributed by atoms with van der Waals surface area (Å²) in [7, 11) is 1.68. The molecule has 0 bridgehead atoms. The van der Waals surface area contributed by atoms with Gasteiger partial charge in [0.25, 0.3) is 0 Å². The first-order chi connectivity index (χ1) is 17.2. The third-order valence-electron chi connectivity index (χ3n) is 4.83. The molecule has 0 N–H and O–H groups in total. The van der Waals surface area contributed by atoms with E-state index in [0.29, 0.717) is 25.0 Å². The smallest absolute Gasteiger partial charge is 0.132 e. The number of benzene rings is 1. The van der Waals surface area contributed by atoms with Crippen LogP contribution in [0.2, 0.25) is 0 Å². The van der Waals surface area contributed by atoms with Crippen LogP contribution in [0.5, 0.6) is 5.75 Å². The van der Waals surface area contributed by atoms with Gasteiger partial charge in [-0.1, -0.05) is 78.7 Å². The van der Waals surface area contributed by atoms with E-state index < -0.39 is 0 Å². The summed E-state index contributed by atoms with van der Waals surface area (Å²) in [6, 6.07) is 8.13. The van der Waals surface area contributed by atoms with Crippen LogP contribution in [0.4, 0.5) is 0 Å². The molecule has 0 unspecified atom stereocenters. The zero-order valence-corrected chi connectivity index (χ0v) is 25.9. The molecule has 0 fully saturated rings. The Balaban J connectivity index is -0.000000441. The lowest BCUT2D eigenvalue weighted by molar-refractivity contribution is -0.119. The molecule has 1 aromatic carbocycles. The van der Waals surface area contributed by atoms with Crippen LogP contribution in [0.15, 0.2) is 52.6 Å². The molecule has 0 saturated carbocycles. The van der Waals surface area contributed by atoms with E-state index in [4.69, 9.17) is 4.74 Å². The average Bonchev–Trinajstić information content (AvgIpc) is 2.89. The Bertz CT molecular complexity index is 714. The number of Topliss-reactive ketones (excluding diaryl/α,β-unsaturated/α-hetero) is 2. The highest BCUT2D eigenvalue weighted by Crippen LogP contribution is 2.11. The summed E-state index contributed by atoms with van der Waals surface area (Å²) in [6.45, 7) is 17.6. The second kappa shape index (κ2) is 29.2. The van der Waals surface area contributed by atoms with Crippen molar-refractivity contribution in [1.82, 2.24) is 0 Å².